The lowest BCUT2D eigenvalue weighted by atomic mass is 9.95. The number of carbonyl (C=O) groups excluding carboxylic acids is 1. The molecule has 1 saturated carbocycles. The first-order valence-corrected chi connectivity index (χ1v) is 10.6. The van der Waals surface area contributed by atoms with Gasteiger partial charge in [0.2, 0.25) is 5.91 Å². The average Bonchev–Trinajstić information content (AvgIpc) is 3.26. The van der Waals surface area contributed by atoms with E-state index < -0.39 is 12.1 Å². The lowest BCUT2D eigenvalue weighted by molar-refractivity contribution is -0.117. The minimum atomic E-state index is -1.05. The molecule has 3 heterocycles. The van der Waals surface area contributed by atoms with Gasteiger partial charge in [0.1, 0.15) is 18.1 Å². The van der Waals surface area contributed by atoms with E-state index in [1.807, 2.05) is 18.3 Å². The fourth-order valence-corrected chi connectivity index (χ4v) is 4.24. The molecule has 1 aliphatic heterocycles. The Hall–Kier alpha value is -2.51. The van der Waals surface area contributed by atoms with Gasteiger partial charge in [0.25, 0.3) is 0 Å². The van der Waals surface area contributed by atoms with Crippen LogP contribution in [0.15, 0.2) is 30.6 Å². The summed E-state index contributed by atoms with van der Waals surface area (Å²) in [5.41, 5.74) is 2.73. The molecule has 1 aromatic carbocycles. The Morgan fingerprint density at radius 2 is 2.17 bits per heavy atom. The highest BCUT2D eigenvalue weighted by Crippen LogP contribution is 2.38. The molecule has 4 atom stereocenters. The third-order valence-corrected chi connectivity index (χ3v) is 6.19. The van der Waals surface area contributed by atoms with Crippen molar-refractivity contribution in [3.8, 4) is 11.1 Å². The quantitative estimate of drug-likeness (QED) is 0.608. The van der Waals surface area contributed by atoms with Crippen molar-refractivity contribution in [2.45, 2.75) is 38.5 Å². The molecule has 30 heavy (non-hydrogen) atoms. The maximum Gasteiger partial charge on any atom is 0.231 e. The van der Waals surface area contributed by atoms with E-state index in [2.05, 4.69) is 27.4 Å². The number of nitrogens with zero attached hydrogens (tertiary/aromatic N) is 2. The molecule has 2 aliphatic rings. The Labute approximate surface area is 178 Å². The van der Waals surface area contributed by atoms with Gasteiger partial charge in [0, 0.05) is 23.3 Å². The lowest BCUT2D eigenvalue weighted by Gasteiger charge is -2.26. The Morgan fingerprint density at radius 1 is 1.33 bits per heavy atom. The van der Waals surface area contributed by atoms with Gasteiger partial charge in [-0.25, -0.2) is 9.37 Å². The summed E-state index contributed by atoms with van der Waals surface area (Å²) in [6, 6.07) is 5.64. The van der Waals surface area contributed by atoms with E-state index in [1.165, 1.54) is 0 Å². The van der Waals surface area contributed by atoms with Crippen LogP contribution in [-0.4, -0.2) is 33.9 Å². The summed E-state index contributed by atoms with van der Waals surface area (Å²) < 4.78 is 19.2. The molecule has 2 N–H and O–H groups in total. The van der Waals surface area contributed by atoms with E-state index in [0.717, 1.165) is 47.0 Å². The SMILES string of the molecule is C[C@H]1CCC(c2n[nH]cc2-c2cc(Cl)c3cnc(NC(=O)[C@H]4C[C@H]4F)cc3c2)OC1. The number of aromatic amines is 1. The number of halogens is 2. The largest absolute Gasteiger partial charge is 0.372 e. The van der Waals surface area contributed by atoms with Gasteiger partial charge >= 0.3 is 0 Å². The number of hydrogen-bond acceptors (Lipinski definition) is 4. The maximum atomic E-state index is 13.1. The van der Waals surface area contributed by atoms with Crippen LogP contribution in [0.25, 0.3) is 21.9 Å². The third-order valence-electron chi connectivity index (χ3n) is 5.88. The zero-order chi connectivity index (χ0) is 20.8. The number of alkyl halides is 1. The lowest BCUT2D eigenvalue weighted by Crippen LogP contribution is -2.19. The molecule has 0 bridgehead atoms. The molecule has 0 radical (unpaired) electrons. The summed E-state index contributed by atoms with van der Waals surface area (Å²) in [7, 11) is 0. The number of aromatic nitrogens is 3. The Morgan fingerprint density at radius 3 is 2.90 bits per heavy atom. The van der Waals surface area contributed by atoms with Crippen LogP contribution >= 0.6 is 11.6 Å². The van der Waals surface area contributed by atoms with Gasteiger partial charge < -0.3 is 10.1 Å². The van der Waals surface area contributed by atoms with Gasteiger partial charge in [-0.15, -0.1) is 0 Å². The van der Waals surface area contributed by atoms with Gasteiger partial charge in [-0.1, -0.05) is 18.5 Å². The molecule has 6 nitrogen and oxygen atoms in total. The predicted octanol–water partition coefficient (Wildman–Crippen LogP) is 5.06. The zero-order valence-corrected chi connectivity index (χ0v) is 17.2. The first kappa shape index (κ1) is 19.5. The number of rotatable bonds is 4. The highest BCUT2D eigenvalue weighted by molar-refractivity contribution is 6.36. The van der Waals surface area contributed by atoms with Gasteiger partial charge in [-0.2, -0.15) is 5.10 Å². The van der Waals surface area contributed by atoms with Gasteiger partial charge in [-0.05, 0) is 54.3 Å². The van der Waals surface area contributed by atoms with Crippen LogP contribution in [0.1, 0.15) is 38.0 Å². The molecule has 8 heteroatoms. The first-order valence-electron chi connectivity index (χ1n) is 10.2. The van der Waals surface area contributed by atoms with Crippen LogP contribution in [0, 0.1) is 11.8 Å². The first-order chi connectivity index (χ1) is 14.5. The van der Waals surface area contributed by atoms with E-state index in [-0.39, 0.29) is 18.4 Å². The number of pyridine rings is 1. The number of benzene rings is 1. The van der Waals surface area contributed by atoms with Crippen molar-refractivity contribution in [1.29, 1.82) is 0 Å². The van der Waals surface area contributed by atoms with Crippen LogP contribution in [0.4, 0.5) is 10.2 Å². The highest BCUT2D eigenvalue weighted by atomic mass is 35.5. The van der Waals surface area contributed by atoms with Crippen molar-refractivity contribution in [2.75, 3.05) is 11.9 Å². The highest BCUT2D eigenvalue weighted by Gasteiger charge is 2.43. The average molecular weight is 429 g/mol. The number of nitrogens with one attached hydrogen (secondary N) is 2. The van der Waals surface area contributed by atoms with Crippen molar-refractivity contribution in [2.24, 2.45) is 11.8 Å². The molecule has 0 spiro atoms. The third kappa shape index (κ3) is 3.68. The van der Waals surface area contributed by atoms with Crippen molar-refractivity contribution in [3.63, 3.8) is 0 Å². The van der Waals surface area contributed by atoms with Crippen LogP contribution in [0.2, 0.25) is 5.02 Å². The second-order valence-electron chi connectivity index (χ2n) is 8.28. The molecule has 1 unspecified atom stereocenters. The molecular formula is C22H22ClFN4O2. The summed E-state index contributed by atoms with van der Waals surface area (Å²) in [4.78, 5) is 16.3. The van der Waals surface area contributed by atoms with Crippen LogP contribution in [-0.2, 0) is 9.53 Å². The number of fused-ring (bicyclic) bond motifs is 1. The summed E-state index contributed by atoms with van der Waals surface area (Å²) in [6.45, 7) is 2.91. The summed E-state index contributed by atoms with van der Waals surface area (Å²) in [5.74, 6) is 0.0431. The molecular weight excluding hydrogens is 407 g/mol. The van der Waals surface area contributed by atoms with Crippen molar-refractivity contribution < 1.29 is 13.9 Å². The monoisotopic (exact) mass is 428 g/mol. The van der Waals surface area contributed by atoms with Gasteiger partial charge in [0.05, 0.1) is 23.2 Å². The fraction of sp³-hybridized carbons (Fsp3) is 0.409. The topological polar surface area (TPSA) is 79.9 Å². The molecule has 5 rings (SSSR count). The zero-order valence-electron chi connectivity index (χ0n) is 16.5. The van der Waals surface area contributed by atoms with E-state index in [9.17, 15) is 9.18 Å². The van der Waals surface area contributed by atoms with E-state index in [1.54, 1.807) is 12.3 Å². The maximum absolute atomic E-state index is 13.1. The number of carbonyl (C=O) groups is 1. The molecule has 1 aliphatic carbocycles. The Balaban J connectivity index is 1.47. The number of amides is 1. The van der Waals surface area contributed by atoms with Crippen molar-refractivity contribution in [3.05, 3.63) is 41.3 Å². The summed E-state index contributed by atoms with van der Waals surface area (Å²) in [6.07, 6.45) is 4.70. The number of H-pyrrole nitrogens is 1. The van der Waals surface area contributed by atoms with Gasteiger partial charge in [0.15, 0.2) is 0 Å². The Bertz CT molecular complexity index is 1110. The van der Waals surface area contributed by atoms with Crippen LogP contribution in [0.3, 0.4) is 0 Å². The second-order valence-corrected chi connectivity index (χ2v) is 8.69. The molecule has 2 aromatic heterocycles. The fourth-order valence-electron chi connectivity index (χ4n) is 3.97. The van der Waals surface area contributed by atoms with E-state index >= 15 is 0 Å². The minimum absolute atomic E-state index is 0.0450. The smallest absolute Gasteiger partial charge is 0.231 e. The van der Waals surface area contributed by atoms with Crippen molar-refractivity contribution >= 4 is 34.1 Å². The van der Waals surface area contributed by atoms with E-state index in [0.29, 0.717) is 16.8 Å². The molecule has 1 saturated heterocycles. The standard InChI is InChI=1S/C22H22ClFN4O2/c1-11-2-3-19(30-10-11)21-16(9-26-28-21)12-4-13-6-20(25-8-15(13)17(23)5-12)27-22(29)14-7-18(14)24/h4-6,8-9,11,14,18-19H,2-3,7,10H2,1H3,(H,26,28)(H,25,27,29)/t11-,14-,18+,19?/m0/s1. The summed E-state index contributed by atoms with van der Waals surface area (Å²) in [5, 5.41) is 12.3. The molecule has 156 valence electrons. The van der Waals surface area contributed by atoms with Gasteiger partial charge in [-0.3, -0.25) is 9.89 Å². The molecule has 3 aromatic rings. The normalized spacial score (nSPS) is 26.0. The Kier molecular flexibility index (Phi) is 4.95. The molecule has 2 fully saturated rings. The predicted molar refractivity (Wildman–Crippen MR) is 113 cm³/mol. The second kappa shape index (κ2) is 7.63. The van der Waals surface area contributed by atoms with E-state index in [4.69, 9.17) is 16.3 Å². The number of hydrogen-bond donors (Lipinski definition) is 2. The van der Waals surface area contributed by atoms with Crippen LogP contribution in [0.5, 0.6) is 0 Å². The van der Waals surface area contributed by atoms with Crippen LogP contribution < -0.4 is 5.32 Å². The van der Waals surface area contributed by atoms with Crippen molar-refractivity contribution in [1.82, 2.24) is 15.2 Å². The summed E-state index contributed by atoms with van der Waals surface area (Å²) >= 11 is 6.54. The minimum Gasteiger partial charge on any atom is -0.372 e. The molecule has 1 amide bonds. The number of anilines is 1. The number of ether oxygens (including phenoxy) is 1.